The van der Waals surface area contributed by atoms with Crippen molar-refractivity contribution in [3.8, 4) is 0 Å². The fourth-order valence-corrected chi connectivity index (χ4v) is 2.92. The molecule has 0 aliphatic heterocycles. The molecule has 29 heavy (non-hydrogen) atoms. The van der Waals surface area contributed by atoms with Crippen LogP contribution in [0.2, 0.25) is 5.02 Å². The zero-order chi connectivity index (χ0) is 21.6. The minimum absolute atomic E-state index is 0.167. The number of halogens is 1. The molecule has 0 saturated carbocycles. The number of hydrogen-bond donors (Lipinski definition) is 2. The van der Waals surface area contributed by atoms with Gasteiger partial charge in [0.05, 0.1) is 17.1 Å². The van der Waals surface area contributed by atoms with Crippen LogP contribution in [0.4, 0.5) is 5.82 Å². The summed E-state index contributed by atoms with van der Waals surface area (Å²) in [4.78, 5) is 43.0. The zero-order valence-electron chi connectivity index (χ0n) is 16.9. The molecule has 7 nitrogen and oxygen atoms in total. The molecule has 0 bridgehead atoms. The first kappa shape index (κ1) is 22.4. The highest BCUT2D eigenvalue weighted by molar-refractivity contribution is 6.33. The quantitative estimate of drug-likeness (QED) is 0.726. The van der Waals surface area contributed by atoms with Crippen LogP contribution in [0.5, 0.6) is 0 Å². The van der Waals surface area contributed by atoms with Crippen molar-refractivity contribution >= 4 is 35.1 Å². The predicted octanol–water partition coefficient (Wildman–Crippen LogP) is 2.89. The summed E-state index contributed by atoms with van der Waals surface area (Å²) in [7, 11) is 1.52. The number of hydrogen-bond acceptors (Lipinski definition) is 4. The third-order valence-electron chi connectivity index (χ3n) is 4.28. The molecule has 1 unspecified atom stereocenters. The molecular weight excluding hydrogens is 392 g/mol. The summed E-state index contributed by atoms with van der Waals surface area (Å²) in [5, 5.41) is 5.69. The van der Waals surface area contributed by atoms with E-state index in [2.05, 4.69) is 15.6 Å². The Kier molecular flexibility index (Phi) is 7.73. The lowest BCUT2D eigenvalue weighted by molar-refractivity contribution is -0.135. The predicted molar refractivity (Wildman–Crippen MR) is 113 cm³/mol. The fourth-order valence-electron chi connectivity index (χ4n) is 2.70. The maximum atomic E-state index is 12.9. The average molecular weight is 417 g/mol. The first-order valence-electron chi connectivity index (χ1n) is 9.22. The van der Waals surface area contributed by atoms with Crippen LogP contribution in [-0.4, -0.2) is 47.2 Å². The Labute approximate surface area is 175 Å². The second-order valence-corrected chi connectivity index (χ2v) is 7.54. The topological polar surface area (TPSA) is 91.4 Å². The lowest BCUT2D eigenvalue weighted by Gasteiger charge is -2.27. The summed E-state index contributed by atoms with van der Waals surface area (Å²) in [6.45, 7) is 5.36. The van der Waals surface area contributed by atoms with Gasteiger partial charge in [0.2, 0.25) is 11.8 Å². The number of aromatic nitrogens is 1. The largest absolute Gasteiger partial charge is 0.340 e. The Morgan fingerprint density at radius 1 is 1.17 bits per heavy atom. The van der Waals surface area contributed by atoms with Crippen LogP contribution in [0.15, 0.2) is 42.6 Å². The molecule has 0 spiro atoms. The summed E-state index contributed by atoms with van der Waals surface area (Å²) in [5.41, 5.74) is 1.25. The Morgan fingerprint density at radius 3 is 2.48 bits per heavy atom. The molecule has 0 radical (unpaired) electrons. The molecule has 2 N–H and O–H groups in total. The van der Waals surface area contributed by atoms with Crippen molar-refractivity contribution in [3.63, 3.8) is 0 Å². The highest BCUT2D eigenvalue weighted by atomic mass is 35.5. The number of pyridine rings is 1. The van der Waals surface area contributed by atoms with E-state index in [1.165, 1.54) is 11.9 Å². The molecular formula is C21H25ClN4O3. The van der Waals surface area contributed by atoms with Crippen LogP contribution in [-0.2, 0) is 9.59 Å². The summed E-state index contributed by atoms with van der Waals surface area (Å²) >= 11 is 6.07. The van der Waals surface area contributed by atoms with Gasteiger partial charge in [0.1, 0.15) is 11.9 Å². The third kappa shape index (κ3) is 6.29. The smallest absolute Gasteiger partial charge is 0.253 e. The van der Waals surface area contributed by atoms with E-state index in [9.17, 15) is 14.4 Å². The van der Waals surface area contributed by atoms with Gasteiger partial charge in [-0.15, -0.1) is 0 Å². The van der Waals surface area contributed by atoms with Crippen molar-refractivity contribution in [1.29, 1.82) is 0 Å². The van der Waals surface area contributed by atoms with Crippen LogP contribution < -0.4 is 10.6 Å². The number of benzene rings is 1. The molecule has 154 valence electrons. The molecule has 2 rings (SSSR count). The van der Waals surface area contributed by atoms with Crippen LogP contribution in [0, 0.1) is 12.8 Å². The molecule has 0 saturated heterocycles. The van der Waals surface area contributed by atoms with Gasteiger partial charge in [-0.2, -0.15) is 0 Å². The van der Waals surface area contributed by atoms with Gasteiger partial charge in [0, 0.05) is 13.2 Å². The second kappa shape index (κ2) is 10.0. The van der Waals surface area contributed by atoms with E-state index in [1.807, 2.05) is 26.8 Å². The standard InChI is InChI=1S/C21H25ClN4O3/c1-13(2)19(25-20(28)15-7-5-6-8-16(15)22)21(29)26(4)12-18(27)24-17-11-14(3)9-10-23-17/h5-11,13,19H,12H2,1-4H3,(H,25,28)(H,23,24,27). The maximum absolute atomic E-state index is 12.9. The van der Waals surface area contributed by atoms with Crippen LogP contribution in [0.3, 0.4) is 0 Å². The number of carbonyl (C=O) groups is 3. The molecule has 1 aromatic heterocycles. The van der Waals surface area contributed by atoms with E-state index in [1.54, 1.807) is 36.5 Å². The van der Waals surface area contributed by atoms with Crippen molar-refractivity contribution in [3.05, 3.63) is 58.7 Å². The average Bonchev–Trinajstić information content (AvgIpc) is 2.65. The number of anilines is 1. The Hall–Kier alpha value is -2.93. The van der Waals surface area contributed by atoms with Crippen molar-refractivity contribution < 1.29 is 14.4 Å². The maximum Gasteiger partial charge on any atom is 0.253 e. The summed E-state index contributed by atoms with van der Waals surface area (Å²) in [6, 6.07) is 9.38. The fraction of sp³-hybridized carbons (Fsp3) is 0.333. The second-order valence-electron chi connectivity index (χ2n) is 7.14. The SMILES string of the molecule is Cc1ccnc(NC(=O)CN(C)C(=O)C(NC(=O)c2ccccc2Cl)C(C)C)c1. The van der Waals surface area contributed by atoms with Crippen LogP contribution in [0.25, 0.3) is 0 Å². The molecule has 0 aliphatic carbocycles. The summed E-state index contributed by atoms with van der Waals surface area (Å²) < 4.78 is 0. The normalized spacial score (nSPS) is 11.7. The van der Waals surface area contributed by atoms with Crippen LogP contribution in [0.1, 0.15) is 29.8 Å². The minimum atomic E-state index is -0.798. The minimum Gasteiger partial charge on any atom is -0.340 e. The highest BCUT2D eigenvalue weighted by Gasteiger charge is 2.28. The first-order chi connectivity index (χ1) is 13.7. The lowest BCUT2D eigenvalue weighted by Crippen LogP contribution is -2.51. The Balaban J connectivity index is 2.02. The van der Waals surface area contributed by atoms with E-state index in [4.69, 9.17) is 11.6 Å². The van der Waals surface area contributed by atoms with E-state index < -0.39 is 11.9 Å². The van der Waals surface area contributed by atoms with Crippen LogP contribution >= 0.6 is 11.6 Å². The molecule has 8 heteroatoms. The highest BCUT2D eigenvalue weighted by Crippen LogP contribution is 2.16. The van der Waals surface area contributed by atoms with E-state index in [-0.39, 0.29) is 24.3 Å². The number of carbonyl (C=O) groups excluding carboxylic acids is 3. The van der Waals surface area contributed by atoms with E-state index >= 15 is 0 Å². The van der Waals surface area contributed by atoms with Gasteiger partial charge in [0.25, 0.3) is 5.91 Å². The molecule has 3 amide bonds. The Bertz CT molecular complexity index is 901. The first-order valence-corrected chi connectivity index (χ1v) is 9.59. The number of amides is 3. The molecule has 2 aromatic rings. The third-order valence-corrected chi connectivity index (χ3v) is 4.61. The number of rotatable bonds is 7. The van der Waals surface area contributed by atoms with E-state index in [0.717, 1.165) is 5.56 Å². The van der Waals surface area contributed by atoms with E-state index in [0.29, 0.717) is 16.4 Å². The number of aryl methyl sites for hydroxylation is 1. The van der Waals surface area contributed by atoms with Crippen molar-refractivity contribution in [2.45, 2.75) is 26.8 Å². The van der Waals surface area contributed by atoms with Gasteiger partial charge in [-0.05, 0) is 42.7 Å². The molecule has 1 heterocycles. The molecule has 1 aromatic carbocycles. The number of nitrogens with one attached hydrogen (secondary N) is 2. The molecule has 0 aliphatic rings. The van der Waals surface area contributed by atoms with Crippen molar-refractivity contribution in [1.82, 2.24) is 15.2 Å². The van der Waals surface area contributed by atoms with Gasteiger partial charge in [-0.3, -0.25) is 14.4 Å². The monoisotopic (exact) mass is 416 g/mol. The number of likely N-dealkylation sites (N-methyl/N-ethyl adjacent to an activating group) is 1. The van der Waals surface area contributed by atoms with Crippen molar-refractivity contribution in [2.75, 3.05) is 18.9 Å². The molecule has 1 atom stereocenters. The van der Waals surface area contributed by atoms with Crippen molar-refractivity contribution in [2.24, 2.45) is 5.92 Å². The molecule has 0 fully saturated rings. The summed E-state index contributed by atoms with van der Waals surface area (Å²) in [5.74, 6) is -0.947. The summed E-state index contributed by atoms with van der Waals surface area (Å²) in [6.07, 6.45) is 1.60. The van der Waals surface area contributed by atoms with Gasteiger partial charge in [-0.1, -0.05) is 37.6 Å². The van der Waals surface area contributed by atoms with Gasteiger partial charge < -0.3 is 15.5 Å². The number of nitrogens with zero attached hydrogens (tertiary/aromatic N) is 2. The lowest BCUT2D eigenvalue weighted by atomic mass is 10.0. The van der Waals surface area contributed by atoms with Gasteiger partial charge >= 0.3 is 0 Å². The Morgan fingerprint density at radius 2 is 1.86 bits per heavy atom. The van der Waals surface area contributed by atoms with Gasteiger partial charge in [0.15, 0.2) is 0 Å². The van der Waals surface area contributed by atoms with Gasteiger partial charge in [-0.25, -0.2) is 4.98 Å². The zero-order valence-corrected chi connectivity index (χ0v) is 17.7.